The van der Waals surface area contributed by atoms with E-state index in [2.05, 4.69) is 4.98 Å². The topological polar surface area (TPSA) is 51.7 Å². The van der Waals surface area contributed by atoms with Gasteiger partial charge in [0.2, 0.25) is 5.88 Å². The zero-order valence-corrected chi connectivity index (χ0v) is 13.4. The average molecular weight is 324 g/mol. The Morgan fingerprint density at radius 3 is 2.71 bits per heavy atom. The molecular formula is C19H20N2O3. The quantitative estimate of drug-likeness (QED) is 0.870. The van der Waals surface area contributed by atoms with Gasteiger partial charge < -0.3 is 14.4 Å². The number of pyridine rings is 1. The van der Waals surface area contributed by atoms with Crippen LogP contribution in [-0.2, 0) is 4.74 Å². The first kappa shape index (κ1) is 15.1. The highest BCUT2D eigenvalue weighted by molar-refractivity contribution is 5.94. The molecule has 5 heteroatoms. The second kappa shape index (κ2) is 6.24. The molecule has 0 aliphatic carbocycles. The minimum atomic E-state index is -0.262. The lowest BCUT2D eigenvalue weighted by molar-refractivity contribution is -0.174. The smallest absolute Gasteiger partial charge is 0.254 e. The van der Waals surface area contributed by atoms with Crippen molar-refractivity contribution < 1.29 is 14.3 Å². The normalized spacial score (nSPS) is 22.0. The maximum Gasteiger partial charge on any atom is 0.254 e. The van der Waals surface area contributed by atoms with Gasteiger partial charge in [0, 0.05) is 30.7 Å². The zero-order valence-electron chi connectivity index (χ0n) is 13.4. The van der Waals surface area contributed by atoms with Gasteiger partial charge in [-0.25, -0.2) is 4.98 Å². The third kappa shape index (κ3) is 2.99. The lowest BCUT2D eigenvalue weighted by Crippen LogP contribution is -2.67. The van der Waals surface area contributed by atoms with Crippen LogP contribution in [0.4, 0.5) is 0 Å². The molecule has 5 nitrogen and oxygen atoms in total. The first-order chi connectivity index (χ1) is 11.7. The molecule has 1 spiro atoms. The van der Waals surface area contributed by atoms with E-state index in [-0.39, 0.29) is 17.6 Å². The fraction of sp³-hybridized carbons (Fsp3) is 0.368. The summed E-state index contributed by atoms with van der Waals surface area (Å²) in [6, 6.07) is 15.0. The molecule has 0 unspecified atom stereocenters. The summed E-state index contributed by atoms with van der Waals surface area (Å²) < 4.78 is 12.0. The van der Waals surface area contributed by atoms with Crippen LogP contribution in [0, 0.1) is 0 Å². The fourth-order valence-corrected chi connectivity index (χ4v) is 3.45. The number of likely N-dealkylation sites (tertiary alicyclic amines) is 1. The van der Waals surface area contributed by atoms with Crippen molar-refractivity contribution in [3.63, 3.8) is 0 Å². The van der Waals surface area contributed by atoms with Crippen LogP contribution in [0.25, 0.3) is 0 Å². The molecule has 0 N–H and O–H groups in total. The van der Waals surface area contributed by atoms with E-state index in [1.165, 1.54) is 0 Å². The number of carbonyl (C=O) groups excluding carboxylic acids is 1. The molecule has 1 amide bonds. The van der Waals surface area contributed by atoms with Crippen molar-refractivity contribution in [3.05, 3.63) is 60.3 Å². The van der Waals surface area contributed by atoms with Gasteiger partial charge in [0.25, 0.3) is 5.91 Å². The number of ether oxygens (including phenoxy) is 2. The summed E-state index contributed by atoms with van der Waals surface area (Å²) in [5.41, 5.74) is 0.465. The first-order valence-electron chi connectivity index (χ1n) is 8.30. The summed E-state index contributed by atoms with van der Waals surface area (Å²) in [5, 5.41) is 0. The molecule has 2 aliphatic rings. The Balaban J connectivity index is 1.36. The van der Waals surface area contributed by atoms with Crippen LogP contribution < -0.4 is 4.74 Å². The van der Waals surface area contributed by atoms with Crippen LogP contribution >= 0.6 is 0 Å². The van der Waals surface area contributed by atoms with Crippen LogP contribution in [-0.4, -0.2) is 47.2 Å². The number of aromatic nitrogens is 1. The van der Waals surface area contributed by atoms with Gasteiger partial charge in [0.1, 0.15) is 11.7 Å². The van der Waals surface area contributed by atoms with Crippen molar-refractivity contribution >= 4 is 5.91 Å². The predicted molar refractivity (Wildman–Crippen MR) is 88.9 cm³/mol. The third-order valence-electron chi connectivity index (χ3n) is 4.64. The highest BCUT2D eigenvalue weighted by atomic mass is 16.5. The monoisotopic (exact) mass is 324 g/mol. The standard InChI is InChI=1S/C19H20N2O3/c22-18(15-6-2-1-3-7-15)21-13-19(14-21)12-16(9-11-23-19)24-17-8-4-5-10-20-17/h1-8,10,16H,9,11-14H2/t16-/m0/s1. The minimum absolute atomic E-state index is 0.0672. The molecule has 1 aromatic heterocycles. The molecule has 24 heavy (non-hydrogen) atoms. The Morgan fingerprint density at radius 1 is 1.17 bits per heavy atom. The maximum absolute atomic E-state index is 12.5. The molecule has 4 rings (SSSR count). The molecule has 1 aromatic carbocycles. The number of hydrogen-bond acceptors (Lipinski definition) is 4. The molecular weight excluding hydrogens is 304 g/mol. The number of carbonyl (C=O) groups is 1. The van der Waals surface area contributed by atoms with E-state index in [1.54, 1.807) is 6.20 Å². The average Bonchev–Trinajstić information content (AvgIpc) is 2.61. The number of nitrogens with zero attached hydrogens (tertiary/aromatic N) is 2. The Bertz CT molecular complexity index is 699. The van der Waals surface area contributed by atoms with Gasteiger partial charge in [-0.2, -0.15) is 0 Å². The lowest BCUT2D eigenvalue weighted by Gasteiger charge is -2.52. The van der Waals surface area contributed by atoms with Crippen LogP contribution in [0.5, 0.6) is 5.88 Å². The van der Waals surface area contributed by atoms with E-state index >= 15 is 0 Å². The van der Waals surface area contributed by atoms with Gasteiger partial charge in [0.15, 0.2) is 0 Å². The van der Waals surface area contributed by atoms with Gasteiger partial charge in [-0.3, -0.25) is 4.79 Å². The van der Waals surface area contributed by atoms with Crippen LogP contribution in [0.2, 0.25) is 0 Å². The Hall–Kier alpha value is -2.40. The Labute approximate surface area is 141 Å². The van der Waals surface area contributed by atoms with Crippen molar-refractivity contribution in [2.45, 2.75) is 24.5 Å². The zero-order chi connectivity index (χ0) is 16.4. The van der Waals surface area contributed by atoms with Crippen molar-refractivity contribution in [2.24, 2.45) is 0 Å². The molecule has 0 radical (unpaired) electrons. The van der Waals surface area contributed by atoms with E-state index < -0.39 is 0 Å². The van der Waals surface area contributed by atoms with Crippen LogP contribution in [0.3, 0.4) is 0 Å². The summed E-state index contributed by atoms with van der Waals surface area (Å²) in [4.78, 5) is 18.5. The van der Waals surface area contributed by atoms with E-state index in [0.29, 0.717) is 25.6 Å². The van der Waals surface area contributed by atoms with Gasteiger partial charge >= 0.3 is 0 Å². The second-order valence-electron chi connectivity index (χ2n) is 6.46. The van der Waals surface area contributed by atoms with Crippen molar-refractivity contribution in [2.75, 3.05) is 19.7 Å². The molecule has 2 fully saturated rings. The fourth-order valence-electron chi connectivity index (χ4n) is 3.45. The summed E-state index contributed by atoms with van der Waals surface area (Å²) in [5.74, 6) is 0.716. The molecule has 0 bridgehead atoms. The van der Waals surface area contributed by atoms with E-state index in [1.807, 2.05) is 53.4 Å². The molecule has 2 aliphatic heterocycles. The Morgan fingerprint density at radius 2 is 1.96 bits per heavy atom. The summed E-state index contributed by atoms with van der Waals surface area (Å²) in [6.07, 6.45) is 3.46. The van der Waals surface area contributed by atoms with E-state index in [4.69, 9.17) is 9.47 Å². The number of amides is 1. The van der Waals surface area contributed by atoms with Crippen molar-refractivity contribution in [1.29, 1.82) is 0 Å². The molecule has 0 saturated carbocycles. The highest BCUT2D eigenvalue weighted by Crippen LogP contribution is 2.36. The van der Waals surface area contributed by atoms with Crippen molar-refractivity contribution in [1.82, 2.24) is 9.88 Å². The van der Waals surface area contributed by atoms with Gasteiger partial charge in [-0.15, -0.1) is 0 Å². The predicted octanol–water partition coefficient (Wildman–Crippen LogP) is 2.53. The summed E-state index contributed by atoms with van der Waals surface area (Å²) in [7, 11) is 0. The molecule has 124 valence electrons. The van der Waals surface area contributed by atoms with Gasteiger partial charge in [0.05, 0.1) is 19.7 Å². The molecule has 2 aromatic rings. The lowest BCUT2D eigenvalue weighted by atomic mass is 9.84. The second-order valence-corrected chi connectivity index (χ2v) is 6.46. The Kier molecular flexibility index (Phi) is 3.94. The maximum atomic E-state index is 12.5. The van der Waals surface area contributed by atoms with Crippen LogP contribution in [0.15, 0.2) is 54.7 Å². The number of rotatable bonds is 3. The number of hydrogen-bond donors (Lipinski definition) is 0. The summed E-state index contributed by atoms with van der Waals surface area (Å²) >= 11 is 0. The number of benzene rings is 1. The van der Waals surface area contributed by atoms with E-state index in [9.17, 15) is 4.79 Å². The van der Waals surface area contributed by atoms with Crippen LogP contribution in [0.1, 0.15) is 23.2 Å². The SMILES string of the molecule is O=C(c1ccccc1)N1CC2(C[C@@H](Oc3ccccn3)CCO2)C1. The summed E-state index contributed by atoms with van der Waals surface area (Å²) in [6.45, 7) is 1.91. The first-order valence-corrected chi connectivity index (χ1v) is 8.30. The van der Waals surface area contributed by atoms with Gasteiger partial charge in [-0.05, 0) is 18.2 Å². The molecule has 1 atom stereocenters. The van der Waals surface area contributed by atoms with E-state index in [0.717, 1.165) is 18.4 Å². The largest absolute Gasteiger partial charge is 0.474 e. The minimum Gasteiger partial charge on any atom is -0.474 e. The highest BCUT2D eigenvalue weighted by Gasteiger charge is 2.50. The molecule has 3 heterocycles. The van der Waals surface area contributed by atoms with Gasteiger partial charge in [-0.1, -0.05) is 24.3 Å². The molecule has 2 saturated heterocycles. The van der Waals surface area contributed by atoms with Crippen molar-refractivity contribution in [3.8, 4) is 5.88 Å². The third-order valence-corrected chi connectivity index (χ3v) is 4.64.